The SMILES string of the molecule is Cc1nc2ncnn2c(C)c1CCC(=O)NCC12CC3CC(CC(C3)C1)C2. The maximum Gasteiger partial charge on any atom is 0.252 e. The summed E-state index contributed by atoms with van der Waals surface area (Å²) in [5.74, 6) is 3.58. The van der Waals surface area contributed by atoms with Gasteiger partial charge in [0.25, 0.3) is 5.78 Å². The van der Waals surface area contributed by atoms with Crippen LogP contribution in [0.4, 0.5) is 0 Å². The van der Waals surface area contributed by atoms with Crippen LogP contribution in [0.25, 0.3) is 5.78 Å². The zero-order chi connectivity index (χ0) is 18.6. The number of amides is 1. The lowest BCUT2D eigenvalue weighted by Gasteiger charge is -2.56. The van der Waals surface area contributed by atoms with Gasteiger partial charge in [-0.2, -0.15) is 10.1 Å². The van der Waals surface area contributed by atoms with Crippen molar-refractivity contribution in [3.63, 3.8) is 0 Å². The second-order valence-corrected chi connectivity index (χ2v) is 9.43. The Hall–Kier alpha value is -1.98. The first-order chi connectivity index (χ1) is 13.0. The van der Waals surface area contributed by atoms with Crippen LogP contribution in [0, 0.1) is 37.0 Å². The van der Waals surface area contributed by atoms with Gasteiger partial charge < -0.3 is 5.32 Å². The molecule has 4 saturated carbocycles. The van der Waals surface area contributed by atoms with E-state index in [1.165, 1.54) is 44.9 Å². The fourth-order valence-electron chi connectivity index (χ4n) is 6.64. The fourth-order valence-corrected chi connectivity index (χ4v) is 6.64. The Morgan fingerprint density at radius 1 is 1.19 bits per heavy atom. The first-order valence-electron chi connectivity index (χ1n) is 10.4. The zero-order valence-corrected chi connectivity index (χ0v) is 16.4. The number of aryl methyl sites for hydroxylation is 2. The van der Waals surface area contributed by atoms with E-state index in [1.54, 1.807) is 4.52 Å². The molecule has 1 amide bonds. The van der Waals surface area contributed by atoms with Gasteiger partial charge in [-0.15, -0.1) is 0 Å². The van der Waals surface area contributed by atoms with Crippen molar-refractivity contribution in [2.75, 3.05) is 6.54 Å². The fraction of sp³-hybridized carbons (Fsp3) is 0.714. The maximum absolute atomic E-state index is 12.6. The van der Waals surface area contributed by atoms with Crippen molar-refractivity contribution in [3.05, 3.63) is 23.3 Å². The van der Waals surface area contributed by atoms with E-state index < -0.39 is 0 Å². The molecule has 4 aliphatic rings. The molecule has 0 saturated heterocycles. The van der Waals surface area contributed by atoms with Gasteiger partial charge in [0.2, 0.25) is 5.91 Å². The smallest absolute Gasteiger partial charge is 0.252 e. The van der Waals surface area contributed by atoms with Gasteiger partial charge in [-0.25, -0.2) is 9.50 Å². The van der Waals surface area contributed by atoms with Gasteiger partial charge in [0.15, 0.2) is 0 Å². The average Bonchev–Trinajstić information content (AvgIpc) is 3.07. The zero-order valence-electron chi connectivity index (χ0n) is 16.4. The van der Waals surface area contributed by atoms with Crippen LogP contribution in [-0.2, 0) is 11.2 Å². The largest absolute Gasteiger partial charge is 0.356 e. The predicted octanol–water partition coefficient (Wildman–Crippen LogP) is 3.01. The first-order valence-corrected chi connectivity index (χ1v) is 10.4. The molecule has 0 aromatic carbocycles. The van der Waals surface area contributed by atoms with E-state index in [2.05, 4.69) is 20.4 Å². The van der Waals surface area contributed by atoms with Crippen LogP contribution in [0.15, 0.2) is 6.33 Å². The van der Waals surface area contributed by atoms with Crippen molar-refractivity contribution >= 4 is 11.7 Å². The quantitative estimate of drug-likeness (QED) is 0.882. The molecule has 27 heavy (non-hydrogen) atoms. The molecule has 2 aromatic rings. The number of nitrogens with one attached hydrogen (secondary N) is 1. The second-order valence-electron chi connectivity index (χ2n) is 9.43. The second kappa shape index (κ2) is 6.28. The molecule has 0 unspecified atom stereocenters. The molecule has 144 valence electrons. The number of carbonyl (C=O) groups excluding carboxylic acids is 1. The molecule has 0 atom stereocenters. The Labute approximate surface area is 160 Å². The van der Waals surface area contributed by atoms with Crippen LogP contribution < -0.4 is 5.32 Å². The van der Waals surface area contributed by atoms with Crippen LogP contribution in [-0.4, -0.2) is 32.0 Å². The summed E-state index contributed by atoms with van der Waals surface area (Å²) in [6, 6.07) is 0. The predicted molar refractivity (Wildman–Crippen MR) is 102 cm³/mol. The summed E-state index contributed by atoms with van der Waals surface area (Å²) in [4.78, 5) is 21.2. The summed E-state index contributed by atoms with van der Waals surface area (Å²) in [6.07, 6.45) is 11.1. The number of hydrogen-bond acceptors (Lipinski definition) is 4. The van der Waals surface area contributed by atoms with E-state index >= 15 is 0 Å². The maximum atomic E-state index is 12.6. The third-order valence-corrected chi connectivity index (χ3v) is 7.42. The molecule has 2 heterocycles. The van der Waals surface area contributed by atoms with Gasteiger partial charge in [0.1, 0.15) is 6.33 Å². The summed E-state index contributed by atoms with van der Waals surface area (Å²) < 4.78 is 1.76. The van der Waals surface area contributed by atoms with E-state index in [-0.39, 0.29) is 5.91 Å². The average molecular weight is 367 g/mol. The Kier molecular flexibility index (Phi) is 3.99. The molecule has 4 fully saturated rings. The number of nitrogens with zero attached hydrogens (tertiary/aromatic N) is 4. The Morgan fingerprint density at radius 3 is 2.52 bits per heavy atom. The van der Waals surface area contributed by atoms with Crippen molar-refractivity contribution in [2.24, 2.45) is 23.2 Å². The molecular weight excluding hydrogens is 338 g/mol. The van der Waals surface area contributed by atoms with Crippen LogP contribution in [0.1, 0.15) is 61.9 Å². The van der Waals surface area contributed by atoms with E-state index in [1.807, 2.05) is 13.8 Å². The molecule has 6 rings (SSSR count). The Morgan fingerprint density at radius 2 is 1.85 bits per heavy atom. The highest BCUT2D eigenvalue weighted by molar-refractivity contribution is 5.76. The lowest BCUT2D eigenvalue weighted by atomic mass is 9.49. The minimum Gasteiger partial charge on any atom is -0.356 e. The Bertz CT molecular complexity index is 851. The van der Waals surface area contributed by atoms with Gasteiger partial charge >= 0.3 is 0 Å². The van der Waals surface area contributed by atoms with Crippen molar-refractivity contribution in [2.45, 2.75) is 65.2 Å². The summed E-state index contributed by atoms with van der Waals surface area (Å²) in [6.45, 7) is 4.90. The lowest BCUT2D eigenvalue weighted by molar-refractivity contribution is -0.123. The number of fused-ring (bicyclic) bond motifs is 1. The van der Waals surface area contributed by atoms with E-state index in [0.29, 0.717) is 24.0 Å². The lowest BCUT2D eigenvalue weighted by Crippen LogP contribution is -2.51. The molecular formula is C21H29N5O. The molecule has 0 aliphatic heterocycles. The van der Waals surface area contributed by atoms with Crippen molar-refractivity contribution < 1.29 is 4.79 Å². The molecule has 0 radical (unpaired) electrons. The molecule has 4 aliphatic carbocycles. The highest BCUT2D eigenvalue weighted by Gasteiger charge is 2.50. The molecule has 1 N–H and O–H groups in total. The molecule has 6 nitrogen and oxygen atoms in total. The summed E-state index contributed by atoms with van der Waals surface area (Å²) in [5.41, 5.74) is 3.49. The highest BCUT2D eigenvalue weighted by atomic mass is 16.1. The van der Waals surface area contributed by atoms with Crippen LogP contribution in [0.2, 0.25) is 0 Å². The third kappa shape index (κ3) is 3.03. The van der Waals surface area contributed by atoms with Crippen LogP contribution >= 0.6 is 0 Å². The number of hydrogen-bond donors (Lipinski definition) is 1. The van der Waals surface area contributed by atoms with Crippen molar-refractivity contribution in [1.82, 2.24) is 24.9 Å². The minimum absolute atomic E-state index is 0.170. The van der Waals surface area contributed by atoms with Gasteiger partial charge in [-0.1, -0.05) is 0 Å². The molecule has 6 heteroatoms. The summed E-state index contributed by atoms with van der Waals surface area (Å²) in [7, 11) is 0. The minimum atomic E-state index is 0.170. The normalized spacial score (nSPS) is 31.6. The van der Waals surface area contributed by atoms with Crippen molar-refractivity contribution in [3.8, 4) is 0 Å². The topological polar surface area (TPSA) is 72.2 Å². The van der Waals surface area contributed by atoms with E-state index in [4.69, 9.17) is 0 Å². The van der Waals surface area contributed by atoms with Gasteiger partial charge in [0, 0.05) is 24.4 Å². The number of aromatic nitrogens is 4. The Balaban J connectivity index is 1.21. The van der Waals surface area contributed by atoms with Crippen molar-refractivity contribution in [1.29, 1.82) is 0 Å². The van der Waals surface area contributed by atoms with E-state index in [0.717, 1.165) is 41.2 Å². The summed E-state index contributed by atoms with van der Waals surface area (Å²) in [5, 5.41) is 7.52. The summed E-state index contributed by atoms with van der Waals surface area (Å²) >= 11 is 0. The van der Waals surface area contributed by atoms with E-state index in [9.17, 15) is 4.79 Å². The van der Waals surface area contributed by atoms with Crippen LogP contribution in [0.5, 0.6) is 0 Å². The number of carbonyl (C=O) groups is 1. The van der Waals surface area contributed by atoms with Gasteiger partial charge in [-0.3, -0.25) is 4.79 Å². The third-order valence-electron chi connectivity index (χ3n) is 7.42. The first kappa shape index (κ1) is 17.1. The highest BCUT2D eigenvalue weighted by Crippen LogP contribution is 2.59. The van der Waals surface area contributed by atoms with Gasteiger partial charge in [0.05, 0.1) is 0 Å². The van der Waals surface area contributed by atoms with Gasteiger partial charge in [-0.05, 0) is 87.5 Å². The molecule has 4 bridgehead atoms. The monoisotopic (exact) mass is 367 g/mol. The number of rotatable bonds is 5. The standard InChI is InChI=1S/C21H29N5O/c1-13-18(14(2)26-20(25-13)23-12-24-26)3-4-19(27)22-11-21-8-15-5-16(9-21)7-17(6-15)10-21/h12,15-17H,3-11H2,1-2H3,(H,22,27). The molecule has 2 aromatic heterocycles. The molecule has 0 spiro atoms. The van der Waals surface area contributed by atoms with Crippen LogP contribution in [0.3, 0.4) is 0 Å².